The molecule has 0 unspecified atom stereocenters. The lowest BCUT2D eigenvalue weighted by Gasteiger charge is -2.13. The summed E-state index contributed by atoms with van der Waals surface area (Å²) in [4.78, 5) is 27.9. The second kappa shape index (κ2) is 21.8. The lowest BCUT2D eigenvalue weighted by Crippen LogP contribution is -2.13. The molecule has 1 amide bonds. The van der Waals surface area contributed by atoms with Gasteiger partial charge in [0.2, 0.25) is 0 Å². The number of hydrogen-bond donors (Lipinski definition) is 3. The Labute approximate surface area is 210 Å². The van der Waals surface area contributed by atoms with E-state index in [9.17, 15) is 9.59 Å². The first-order valence-corrected chi connectivity index (χ1v) is 11.6. The van der Waals surface area contributed by atoms with Gasteiger partial charge >= 0.3 is 0 Å². The van der Waals surface area contributed by atoms with Crippen LogP contribution in [0.1, 0.15) is 60.9 Å². The molecule has 0 spiro atoms. The second-order valence-corrected chi connectivity index (χ2v) is 5.97. The molecule has 2 rings (SSSR count). The molecular weight excluding hydrogens is 436 g/mol. The van der Waals surface area contributed by atoms with Gasteiger partial charge in [-0.2, -0.15) is 0 Å². The van der Waals surface area contributed by atoms with E-state index in [0.29, 0.717) is 39.9 Å². The second-order valence-electron chi connectivity index (χ2n) is 5.97. The minimum Gasteiger partial charge on any atom is -0.398 e. The van der Waals surface area contributed by atoms with Crippen LogP contribution in [0.5, 0.6) is 0 Å². The highest BCUT2D eigenvalue weighted by Crippen LogP contribution is 2.29. The molecule has 0 aliphatic rings. The number of amides is 1. The quantitative estimate of drug-likeness (QED) is 0.225. The summed E-state index contributed by atoms with van der Waals surface area (Å²) in [6, 6.07) is 6.52. The molecule has 0 radical (unpaired) electrons. The molecule has 1 aromatic heterocycles. The van der Waals surface area contributed by atoms with Crippen molar-refractivity contribution in [3.05, 3.63) is 109 Å². The molecule has 5 N–H and O–H groups in total. The maximum Gasteiger partial charge on any atom is 0.257 e. The van der Waals surface area contributed by atoms with Gasteiger partial charge in [-0.25, -0.2) is 0 Å². The van der Waals surface area contributed by atoms with Crippen LogP contribution in [0.4, 0.5) is 11.4 Å². The van der Waals surface area contributed by atoms with E-state index in [1.54, 1.807) is 36.5 Å². The molecule has 0 saturated carbocycles. The van der Waals surface area contributed by atoms with Crippen molar-refractivity contribution in [2.75, 3.05) is 18.1 Å². The number of aldehydes is 1. The minimum absolute atomic E-state index is 0.336. The largest absolute Gasteiger partial charge is 0.398 e. The summed E-state index contributed by atoms with van der Waals surface area (Å²) in [5.74, 6) is -0.336. The lowest BCUT2D eigenvalue weighted by molar-refractivity contribution is 0.102. The third-order valence-electron chi connectivity index (χ3n) is 3.93. The molecule has 1 aromatic carbocycles. The van der Waals surface area contributed by atoms with Gasteiger partial charge in [0.05, 0.1) is 5.56 Å². The number of pyridine rings is 1. The molecule has 0 bridgehead atoms. The number of rotatable bonds is 8. The lowest BCUT2D eigenvalue weighted by atomic mass is 9.97. The van der Waals surface area contributed by atoms with Crippen LogP contribution in [0, 0.1) is 0 Å². The number of nitrogens with one attached hydrogen (secondary N) is 1. The number of benzene rings is 1. The van der Waals surface area contributed by atoms with Gasteiger partial charge in [-0.1, -0.05) is 82.9 Å². The molecule has 6 nitrogen and oxygen atoms in total. The van der Waals surface area contributed by atoms with Gasteiger partial charge in [-0.15, -0.1) is 0 Å². The van der Waals surface area contributed by atoms with Gasteiger partial charge in [0, 0.05) is 34.9 Å². The number of allylic oxidation sites excluding steroid dienone is 9. The van der Waals surface area contributed by atoms with Crippen molar-refractivity contribution < 1.29 is 9.59 Å². The third-order valence-corrected chi connectivity index (χ3v) is 3.93. The molecule has 188 valence electrons. The standard InChI is InChI=1S/C24H23N3O2.2C2H6.CH5N/c1-3-5-6-7-8-9-11-18(4-2)23-20(17-28)14-21(15-22(23)25)27-24(29)19-12-10-13-26-16-19;3*1-2/h3-17H,2,25H2,1H3,(H,27,29);2*1-2H3;2H2,1H3/b5-3-,7-6-,9-8+,18-11+;;;. The number of nitrogens with two attached hydrogens (primary N) is 2. The fourth-order valence-electron chi connectivity index (χ4n) is 2.60. The van der Waals surface area contributed by atoms with Crippen molar-refractivity contribution in [1.29, 1.82) is 0 Å². The maximum atomic E-state index is 12.3. The molecular formula is C29H40N4O2. The third kappa shape index (κ3) is 12.1. The Bertz CT molecular complexity index is 1000. The Morgan fingerprint density at radius 2 is 1.66 bits per heavy atom. The van der Waals surface area contributed by atoms with Crippen molar-refractivity contribution in [2.24, 2.45) is 5.73 Å². The van der Waals surface area contributed by atoms with Crippen LogP contribution in [0.2, 0.25) is 0 Å². The van der Waals surface area contributed by atoms with Gasteiger partial charge in [0.1, 0.15) is 0 Å². The predicted octanol–water partition coefficient (Wildman–Crippen LogP) is 6.61. The molecule has 2 aromatic rings. The van der Waals surface area contributed by atoms with E-state index in [4.69, 9.17) is 5.73 Å². The number of aromatic nitrogens is 1. The molecule has 0 aliphatic carbocycles. The van der Waals surface area contributed by atoms with Gasteiger partial charge in [0.25, 0.3) is 5.91 Å². The Morgan fingerprint density at radius 1 is 1.03 bits per heavy atom. The number of hydrogen-bond acceptors (Lipinski definition) is 5. The number of carbonyl (C=O) groups is 2. The highest BCUT2D eigenvalue weighted by atomic mass is 16.1. The zero-order chi connectivity index (χ0) is 27.1. The normalized spacial score (nSPS) is 10.4. The SMILES string of the molecule is C=C\C(=C/C=C/C=C\C=C/C)c1c(N)cc(NC(=O)c2cccnc2)cc1C=O.CC.CC.CN. The van der Waals surface area contributed by atoms with E-state index in [0.717, 1.165) is 0 Å². The van der Waals surface area contributed by atoms with Crippen LogP contribution >= 0.6 is 0 Å². The van der Waals surface area contributed by atoms with E-state index in [1.165, 1.54) is 13.2 Å². The summed E-state index contributed by atoms with van der Waals surface area (Å²) in [6.07, 6.45) is 18.5. The summed E-state index contributed by atoms with van der Waals surface area (Å²) in [5.41, 5.74) is 13.5. The van der Waals surface area contributed by atoms with E-state index in [-0.39, 0.29) is 5.91 Å². The summed E-state index contributed by atoms with van der Waals surface area (Å²) in [5, 5.41) is 2.74. The van der Waals surface area contributed by atoms with E-state index in [2.05, 4.69) is 22.6 Å². The fraction of sp³-hybridized carbons (Fsp3) is 0.207. The molecule has 0 atom stereocenters. The first-order valence-electron chi connectivity index (χ1n) is 11.6. The van der Waals surface area contributed by atoms with Gasteiger partial charge in [-0.3, -0.25) is 14.6 Å². The highest BCUT2D eigenvalue weighted by molar-refractivity contribution is 6.05. The average Bonchev–Trinajstić information content (AvgIpc) is 2.92. The molecule has 0 saturated heterocycles. The zero-order valence-corrected chi connectivity index (χ0v) is 21.8. The minimum atomic E-state index is -0.336. The van der Waals surface area contributed by atoms with Gasteiger partial charge in [-0.05, 0) is 43.8 Å². The van der Waals surface area contributed by atoms with Crippen molar-refractivity contribution in [1.82, 2.24) is 4.98 Å². The van der Waals surface area contributed by atoms with Crippen molar-refractivity contribution >= 4 is 29.1 Å². The van der Waals surface area contributed by atoms with Crippen molar-refractivity contribution in [3.8, 4) is 0 Å². The van der Waals surface area contributed by atoms with Crippen LogP contribution < -0.4 is 16.8 Å². The van der Waals surface area contributed by atoms with Crippen LogP contribution in [0.25, 0.3) is 5.57 Å². The molecule has 0 fully saturated rings. The summed E-state index contributed by atoms with van der Waals surface area (Å²) >= 11 is 0. The molecule has 1 heterocycles. The van der Waals surface area contributed by atoms with Crippen LogP contribution in [0.3, 0.4) is 0 Å². The van der Waals surface area contributed by atoms with Crippen molar-refractivity contribution in [2.45, 2.75) is 34.6 Å². The smallest absolute Gasteiger partial charge is 0.257 e. The number of anilines is 2. The number of carbonyl (C=O) groups excluding carboxylic acids is 2. The monoisotopic (exact) mass is 476 g/mol. The fourth-order valence-corrected chi connectivity index (χ4v) is 2.60. The molecule has 35 heavy (non-hydrogen) atoms. The Hall–Kier alpha value is -4.03. The summed E-state index contributed by atoms with van der Waals surface area (Å²) in [7, 11) is 1.50. The topological polar surface area (TPSA) is 111 Å². The summed E-state index contributed by atoms with van der Waals surface area (Å²) < 4.78 is 0. The molecule has 0 aliphatic heterocycles. The first-order chi connectivity index (χ1) is 17.1. The highest BCUT2D eigenvalue weighted by Gasteiger charge is 2.13. The maximum absolute atomic E-state index is 12.3. The number of nitrogens with zero attached hydrogens (tertiary/aromatic N) is 1. The Balaban J connectivity index is 0. The summed E-state index contributed by atoms with van der Waals surface area (Å²) in [6.45, 7) is 13.8. The van der Waals surface area contributed by atoms with E-state index in [1.807, 2.05) is 77.2 Å². The van der Waals surface area contributed by atoms with Crippen molar-refractivity contribution in [3.63, 3.8) is 0 Å². The Morgan fingerprint density at radius 3 is 2.20 bits per heavy atom. The van der Waals surface area contributed by atoms with Crippen LogP contribution in [-0.2, 0) is 0 Å². The number of nitrogen functional groups attached to an aromatic ring is 1. The predicted molar refractivity (Wildman–Crippen MR) is 153 cm³/mol. The van der Waals surface area contributed by atoms with Gasteiger partial charge in [0.15, 0.2) is 6.29 Å². The zero-order valence-electron chi connectivity index (χ0n) is 21.8. The van der Waals surface area contributed by atoms with Crippen LogP contribution in [0.15, 0.2) is 91.8 Å². The average molecular weight is 477 g/mol. The Kier molecular flexibility index (Phi) is 20.6. The molecule has 6 heteroatoms. The van der Waals surface area contributed by atoms with Crippen LogP contribution in [-0.4, -0.2) is 24.2 Å². The first kappa shape index (κ1) is 33.1. The van der Waals surface area contributed by atoms with E-state index < -0.39 is 0 Å². The van der Waals surface area contributed by atoms with E-state index >= 15 is 0 Å². The van der Waals surface area contributed by atoms with Gasteiger partial charge < -0.3 is 16.8 Å².